The number of carbonyl (C=O) groups is 5. The molecule has 262 valence electrons. The van der Waals surface area contributed by atoms with Gasteiger partial charge in [0.05, 0.1) is 25.2 Å². The van der Waals surface area contributed by atoms with Crippen LogP contribution in [0.25, 0.3) is 0 Å². The van der Waals surface area contributed by atoms with E-state index in [1.165, 1.54) is 45.2 Å². The van der Waals surface area contributed by atoms with Crippen molar-refractivity contribution in [1.29, 1.82) is 0 Å². The van der Waals surface area contributed by atoms with Crippen LogP contribution in [0.2, 0.25) is 5.02 Å². The second-order valence-electron chi connectivity index (χ2n) is 11.5. The Kier molecular flexibility index (Phi) is 12.1. The minimum absolute atomic E-state index is 0.0480. The van der Waals surface area contributed by atoms with Gasteiger partial charge in [0.15, 0.2) is 0 Å². The number of ether oxygens (including phenoxy) is 1. The Balaban J connectivity index is 1.85. The molecule has 0 spiro atoms. The van der Waals surface area contributed by atoms with Gasteiger partial charge in [-0.05, 0) is 54.2 Å². The number of aliphatic hydroxyl groups excluding tert-OH is 1. The molecule has 1 fully saturated rings. The van der Waals surface area contributed by atoms with E-state index >= 15 is 0 Å². The Morgan fingerprint density at radius 3 is 2.06 bits per heavy atom. The van der Waals surface area contributed by atoms with Crippen LogP contribution in [-0.4, -0.2) is 79.0 Å². The zero-order valence-corrected chi connectivity index (χ0v) is 26.7. The Morgan fingerprint density at radius 2 is 1.56 bits per heavy atom. The minimum atomic E-state index is -5.04. The molecular weight excluding hydrogens is 671 g/mol. The fraction of sp³-hybridized carbons (Fsp3) is 0.452. The van der Waals surface area contributed by atoms with E-state index in [0.717, 1.165) is 5.32 Å². The molecule has 0 radical (unpaired) electrons. The number of alkyl halides is 5. The van der Waals surface area contributed by atoms with Crippen LogP contribution < -0.4 is 26.0 Å². The third kappa shape index (κ3) is 9.18. The second kappa shape index (κ2) is 15.3. The van der Waals surface area contributed by atoms with Crippen LogP contribution in [0.3, 0.4) is 0 Å². The first-order valence-electron chi connectivity index (χ1n) is 14.6. The molecule has 11 nitrogen and oxygen atoms in total. The lowest BCUT2D eigenvalue weighted by Gasteiger charge is -2.28. The van der Waals surface area contributed by atoms with Gasteiger partial charge in [-0.2, -0.15) is 22.0 Å². The maximum Gasteiger partial charge on any atom is 0.405 e. The van der Waals surface area contributed by atoms with Crippen LogP contribution in [0, 0.1) is 5.92 Å². The van der Waals surface area contributed by atoms with E-state index in [1.54, 1.807) is 24.3 Å². The topological polar surface area (TPSA) is 163 Å². The maximum atomic E-state index is 14.7. The number of aliphatic hydroxyl groups is 1. The average Bonchev–Trinajstić information content (AvgIpc) is 3.85. The van der Waals surface area contributed by atoms with E-state index in [0.29, 0.717) is 29.2 Å². The predicted molar refractivity (Wildman–Crippen MR) is 161 cm³/mol. The number of benzene rings is 2. The molecule has 5 N–H and O–H groups in total. The van der Waals surface area contributed by atoms with Crippen molar-refractivity contribution in [1.82, 2.24) is 21.3 Å². The number of halogens is 6. The first kappa shape index (κ1) is 38.1. The lowest BCUT2D eigenvalue weighted by Crippen LogP contribution is -2.59. The fourth-order valence-corrected chi connectivity index (χ4v) is 4.95. The number of rotatable bonds is 15. The molecule has 1 aliphatic rings. The normalized spacial score (nSPS) is 15.8. The van der Waals surface area contributed by atoms with Crippen molar-refractivity contribution in [2.75, 3.05) is 20.3 Å². The summed E-state index contributed by atoms with van der Waals surface area (Å²) in [7, 11) is 1.36. The molecule has 1 aliphatic carbocycles. The SMILES string of the molecule is COc1ccc([C@H](NC(=O)[C@H](CO)NC(=O)C2(c3cccc(Cl)c3)CC2)C(=O)N[C@H](C(=O)C(F)(F)C(=O)NCC(F)(F)F)C(C)C)cc1. The van der Waals surface area contributed by atoms with Crippen LogP contribution in [0.15, 0.2) is 48.5 Å². The lowest BCUT2D eigenvalue weighted by molar-refractivity contribution is -0.165. The van der Waals surface area contributed by atoms with E-state index in [9.17, 15) is 51.0 Å². The van der Waals surface area contributed by atoms with Gasteiger partial charge in [0, 0.05) is 5.02 Å². The number of Topliss-reactive ketones (excluding diaryl/α,β-unsaturated/α-hetero) is 1. The molecule has 0 aliphatic heterocycles. The summed E-state index contributed by atoms with van der Waals surface area (Å²) in [5.74, 6) is -13.3. The Hall–Kier alpha value is -4.31. The molecule has 2 aromatic rings. The Morgan fingerprint density at radius 1 is 0.938 bits per heavy atom. The van der Waals surface area contributed by atoms with Crippen LogP contribution in [0.5, 0.6) is 5.75 Å². The van der Waals surface area contributed by atoms with E-state index in [-0.39, 0.29) is 5.56 Å². The summed E-state index contributed by atoms with van der Waals surface area (Å²) in [4.78, 5) is 64.9. The van der Waals surface area contributed by atoms with Gasteiger partial charge >= 0.3 is 12.1 Å². The van der Waals surface area contributed by atoms with Crippen LogP contribution >= 0.6 is 11.6 Å². The zero-order valence-electron chi connectivity index (χ0n) is 25.9. The van der Waals surface area contributed by atoms with E-state index < -0.39 is 84.1 Å². The fourth-order valence-electron chi connectivity index (χ4n) is 4.76. The first-order chi connectivity index (χ1) is 22.4. The molecule has 0 bridgehead atoms. The highest BCUT2D eigenvalue weighted by atomic mass is 35.5. The Labute approximate surface area is 276 Å². The summed E-state index contributed by atoms with van der Waals surface area (Å²) in [5, 5.41) is 18.2. The highest BCUT2D eigenvalue weighted by Gasteiger charge is 2.53. The van der Waals surface area contributed by atoms with E-state index in [4.69, 9.17) is 16.3 Å². The number of nitrogens with one attached hydrogen (secondary N) is 4. The van der Waals surface area contributed by atoms with Gasteiger partial charge in [0.25, 0.3) is 5.91 Å². The van der Waals surface area contributed by atoms with E-state index in [1.807, 2.05) is 0 Å². The van der Waals surface area contributed by atoms with Crippen molar-refractivity contribution in [2.45, 2.75) is 62.3 Å². The summed E-state index contributed by atoms with van der Waals surface area (Å²) < 4.78 is 72.0. The highest BCUT2D eigenvalue weighted by molar-refractivity contribution is 6.30. The molecule has 4 amide bonds. The number of hydrogen-bond acceptors (Lipinski definition) is 7. The molecule has 3 rings (SSSR count). The third-order valence-corrected chi connectivity index (χ3v) is 7.89. The van der Waals surface area contributed by atoms with Gasteiger partial charge in [-0.3, -0.25) is 24.0 Å². The third-order valence-electron chi connectivity index (χ3n) is 7.66. The van der Waals surface area contributed by atoms with Gasteiger partial charge in [-0.1, -0.05) is 49.7 Å². The van der Waals surface area contributed by atoms with Crippen molar-refractivity contribution >= 4 is 41.0 Å². The number of carbonyl (C=O) groups excluding carboxylic acids is 5. The molecule has 0 saturated heterocycles. The molecule has 0 aromatic heterocycles. The van der Waals surface area contributed by atoms with E-state index in [2.05, 4.69) is 16.0 Å². The molecule has 0 heterocycles. The summed E-state index contributed by atoms with van der Waals surface area (Å²) in [6.07, 6.45) is -4.18. The van der Waals surface area contributed by atoms with Gasteiger partial charge < -0.3 is 31.1 Å². The number of amides is 4. The van der Waals surface area contributed by atoms with Crippen molar-refractivity contribution in [3.63, 3.8) is 0 Å². The van der Waals surface area contributed by atoms with Crippen LogP contribution in [0.1, 0.15) is 43.9 Å². The number of ketones is 1. The highest BCUT2D eigenvalue weighted by Crippen LogP contribution is 2.49. The second-order valence-corrected chi connectivity index (χ2v) is 11.9. The molecular formula is C31H34ClF5N4O7. The smallest absolute Gasteiger partial charge is 0.405 e. The first-order valence-corrected chi connectivity index (χ1v) is 14.9. The summed E-state index contributed by atoms with van der Waals surface area (Å²) in [6, 6.07) is 6.60. The van der Waals surface area contributed by atoms with Gasteiger partial charge in [0.2, 0.25) is 23.5 Å². The largest absolute Gasteiger partial charge is 0.497 e. The molecule has 17 heteroatoms. The van der Waals surface area contributed by atoms with Crippen molar-refractivity contribution in [3.8, 4) is 5.75 Å². The van der Waals surface area contributed by atoms with Gasteiger partial charge in [-0.25, -0.2) is 0 Å². The van der Waals surface area contributed by atoms with Gasteiger partial charge in [0.1, 0.15) is 24.4 Å². The van der Waals surface area contributed by atoms with Crippen molar-refractivity contribution in [3.05, 3.63) is 64.7 Å². The average molecular weight is 705 g/mol. The Bertz CT molecular complexity index is 1520. The summed E-state index contributed by atoms with van der Waals surface area (Å²) in [5.41, 5.74) is -0.367. The standard InChI is InChI=1S/C31H34ClF5N4O7/c1-16(2)22(24(43)31(36,37)28(47)38-15-30(33,34)35)40-26(45)23(17-7-9-20(48-3)10-8-17)41-25(44)21(14-42)39-27(46)29(11-12-29)18-5-4-6-19(32)13-18/h4-10,13,16,21-23,42H,11-12,14-15H2,1-3H3,(H,38,47)(H,39,46)(H,40,45)(H,41,44)/t21-,22-,23-/m0/s1. The van der Waals surface area contributed by atoms with Crippen molar-refractivity contribution < 1.29 is 55.8 Å². The van der Waals surface area contributed by atoms with Crippen LogP contribution in [-0.2, 0) is 29.4 Å². The molecule has 2 aromatic carbocycles. The number of methoxy groups -OCH3 is 1. The molecule has 1 saturated carbocycles. The molecule has 0 unspecified atom stereocenters. The quantitative estimate of drug-likeness (QED) is 0.141. The maximum absolute atomic E-state index is 14.7. The van der Waals surface area contributed by atoms with Crippen molar-refractivity contribution in [2.24, 2.45) is 5.92 Å². The lowest BCUT2D eigenvalue weighted by atomic mass is 9.94. The monoisotopic (exact) mass is 704 g/mol. The molecule has 48 heavy (non-hydrogen) atoms. The van der Waals surface area contributed by atoms with Crippen LogP contribution in [0.4, 0.5) is 22.0 Å². The number of hydrogen-bond donors (Lipinski definition) is 5. The summed E-state index contributed by atoms with van der Waals surface area (Å²) >= 11 is 6.07. The zero-order chi connectivity index (χ0) is 36.0. The van der Waals surface area contributed by atoms with Gasteiger partial charge in [-0.15, -0.1) is 0 Å². The predicted octanol–water partition coefficient (Wildman–Crippen LogP) is 2.74. The molecule has 3 atom stereocenters. The minimum Gasteiger partial charge on any atom is -0.497 e. The summed E-state index contributed by atoms with van der Waals surface area (Å²) in [6.45, 7) is -0.564.